The first-order chi connectivity index (χ1) is 21.9. The minimum atomic E-state index is -0.632. The molecule has 0 aliphatic carbocycles. The molecule has 0 saturated carbocycles. The molecule has 0 fully saturated rings. The highest BCUT2D eigenvalue weighted by Gasteiger charge is 2.11. The predicted octanol–water partition coefficient (Wildman–Crippen LogP) is 6.47. The van der Waals surface area contributed by atoms with Gasteiger partial charge in [0.05, 0.1) is 24.4 Å². The molecular formula is C37H44O8. The molecule has 3 aromatic carbocycles. The lowest BCUT2D eigenvalue weighted by atomic mass is 9.92. The Morgan fingerprint density at radius 2 is 1.11 bits per heavy atom. The van der Waals surface area contributed by atoms with Gasteiger partial charge in [0.2, 0.25) is 0 Å². The fourth-order valence-electron chi connectivity index (χ4n) is 4.58. The Hall–Kier alpha value is -4.40. The van der Waals surface area contributed by atoms with Crippen LogP contribution in [0.4, 0.5) is 0 Å². The van der Waals surface area contributed by atoms with Crippen molar-refractivity contribution in [2.45, 2.75) is 45.4 Å². The highest BCUT2D eigenvalue weighted by Crippen LogP contribution is 2.32. The van der Waals surface area contributed by atoms with Crippen molar-refractivity contribution in [1.82, 2.24) is 0 Å². The summed E-state index contributed by atoms with van der Waals surface area (Å²) in [6, 6.07) is 22.2. The van der Waals surface area contributed by atoms with E-state index in [4.69, 9.17) is 29.2 Å². The Labute approximate surface area is 265 Å². The number of ether oxygens (including phenoxy) is 4. The minimum absolute atomic E-state index is 0.0106. The van der Waals surface area contributed by atoms with Gasteiger partial charge in [-0.15, -0.1) is 0 Å². The number of unbranched alkanes of at least 4 members (excludes halogenated alkanes) is 4. The van der Waals surface area contributed by atoms with Gasteiger partial charge in [0, 0.05) is 0 Å². The second-order valence-electron chi connectivity index (χ2n) is 10.6. The summed E-state index contributed by atoms with van der Waals surface area (Å²) < 4.78 is 21.5. The zero-order valence-corrected chi connectivity index (χ0v) is 26.1. The van der Waals surface area contributed by atoms with Crippen LogP contribution in [0, 0.1) is 0 Å². The molecule has 0 aliphatic heterocycles. The summed E-state index contributed by atoms with van der Waals surface area (Å²) in [7, 11) is 0. The van der Waals surface area contributed by atoms with Crippen molar-refractivity contribution in [3.8, 4) is 33.8 Å². The van der Waals surface area contributed by atoms with Crippen LogP contribution in [0.2, 0.25) is 0 Å². The molecule has 2 N–H and O–H groups in total. The Bertz CT molecular complexity index is 1390. The summed E-state index contributed by atoms with van der Waals surface area (Å²) in [6.07, 6.45) is 6.96. The molecule has 0 amide bonds. The maximum atomic E-state index is 11.6. The minimum Gasteiger partial charge on any atom is -0.490 e. The Kier molecular flexibility index (Phi) is 14.9. The summed E-state index contributed by atoms with van der Waals surface area (Å²) in [5.41, 5.74) is 5.75. The molecule has 3 aromatic rings. The van der Waals surface area contributed by atoms with E-state index in [0.717, 1.165) is 29.5 Å². The van der Waals surface area contributed by atoms with Crippen LogP contribution in [0.15, 0.2) is 91.0 Å². The van der Waals surface area contributed by atoms with E-state index in [-0.39, 0.29) is 37.6 Å². The number of carbonyl (C=O) groups is 2. The fraction of sp³-hybridized carbons (Fsp3) is 0.351. The van der Waals surface area contributed by atoms with Crippen LogP contribution in [-0.4, -0.2) is 61.8 Å². The van der Waals surface area contributed by atoms with Gasteiger partial charge in [-0.3, -0.25) is 0 Å². The SMILES string of the molecule is C=C(CO)C(=O)OCCOc1ccc(-c2ccc(-c3ccc(OCCOC(=O)C(=C)CO)cc3)c(CCCCCCC)c2)cc1. The lowest BCUT2D eigenvalue weighted by molar-refractivity contribution is -0.141. The zero-order chi connectivity index (χ0) is 32.4. The van der Waals surface area contributed by atoms with E-state index >= 15 is 0 Å². The van der Waals surface area contributed by atoms with Crippen molar-refractivity contribution in [1.29, 1.82) is 0 Å². The molecule has 3 rings (SSSR count). The van der Waals surface area contributed by atoms with E-state index < -0.39 is 25.2 Å². The van der Waals surface area contributed by atoms with Crippen molar-refractivity contribution < 1.29 is 38.7 Å². The van der Waals surface area contributed by atoms with Gasteiger partial charge in [-0.2, -0.15) is 0 Å². The lowest BCUT2D eigenvalue weighted by Crippen LogP contribution is -2.14. The van der Waals surface area contributed by atoms with Crippen molar-refractivity contribution in [3.63, 3.8) is 0 Å². The second-order valence-corrected chi connectivity index (χ2v) is 10.6. The van der Waals surface area contributed by atoms with E-state index in [1.807, 2.05) is 48.5 Å². The number of aliphatic hydroxyl groups is 2. The quantitative estimate of drug-likeness (QED) is 0.0844. The van der Waals surface area contributed by atoms with E-state index in [2.05, 4.69) is 38.3 Å². The van der Waals surface area contributed by atoms with Gasteiger partial charge in [-0.1, -0.05) is 88.2 Å². The van der Waals surface area contributed by atoms with Gasteiger partial charge in [-0.25, -0.2) is 9.59 Å². The summed E-state index contributed by atoms with van der Waals surface area (Å²) in [6.45, 7) is 8.75. The third-order valence-electron chi connectivity index (χ3n) is 7.14. The standard InChI is InChI=1S/C37H44O8/c1-4-5-6-7-8-9-32-24-31(29-10-15-33(16-11-29)42-20-22-44-36(40)27(2)25-38)14-19-35(32)30-12-17-34(18-13-30)43-21-23-45-37(41)28(3)26-39/h10-19,24,38-39H,2-9,20-23,25-26H2,1H3. The number of benzene rings is 3. The maximum Gasteiger partial charge on any atom is 0.335 e. The van der Waals surface area contributed by atoms with Gasteiger partial charge in [0.1, 0.15) is 37.9 Å². The number of aliphatic hydroxyl groups excluding tert-OH is 2. The molecule has 0 heterocycles. The summed E-state index contributed by atoms with van der Waals surface area (Å²) in [5.74, 6) is 0.0745. The third-order valence-corrected chi connectivity index (χ3v) is 7.14. The predicted molar refractivity (Wildman–Crippen MR) is 175 cm³/mol. The Morgan fingerprint density at radius 1 is 0.622 bits per heavy atom. The summed E-state index contributed by atoms with van der Waals surface area (Å²) >= 11 is 0. The largest absolute Gasteiger partial charge is 0.490 e. The van der Waals surface area contributed by atoms with Crippen LogP contribution >= 0.6 is 0 Å². The number of rotatable bonds is 20. The van der Waals surface area contributed by atoms with Crippen LogP contribution < -0.4 is 9.47 Å². The van der Waals surface area contributed by atoms with Crippen LogP contribution in [0.1, 0.15) is 44.6 Å². The highest BCUT2D eigenvalue weighted by molar-refractivity contribution is 5.88. The smallest absolute Gasteiger partial charge is 0.335 e. The van der Waals surface area contributed by atoms with Gasteiger partial charge in [0.15, 0.2) is 0 Å². The average molecular weight is 617 g/mol. The molecule has 0 saturated heterocycles. The van der Waals surface area contributed by atoms with Crippen LogP contribution in [0.3, 0.4) is 0 Å². The number of esters is 2. The topological polar surface area (TPSA) is 112 Å². The zero-order valence-electron chi connectivity index (χ0n) is 26.1. The van der Waals surface area contributed by atoms with Crippen LogP contribution in [0.5, 0.6) is 11.5 Å². The van der Waals surface area contributed by atoms with Gasteiger partial charge in [-0.05, 0) is 64.9 Å². The Balaban J connectivity index is 1.66. The molecule has 240 valence electrons. The fourth-order valence-corrected chi connectivity index (χ4v) is 4.58. The number of carbonyl (C=O) groups excluding carboxylic acids is 2. The average Bonchev–Trinajstić information content (AvgIpc) is 3.08. The molecule has 0 spiro atoms. The number of hydrogen-bond acceptors (Lipinski definition) is 8. The van der Waals surface area contributed by atoms with Gasteiger partial charge in [0.25, 0.3) is 0 Å². The summed E-state index contributed by atoms with van der Waals surface area (Å²) in [4.78, 5) is 23.2. The van der Waals surface area contributed by atoms with Crippen molar-refractivity contribution in [2.24, 2.45) is 0 Å². The number of aryl methyl sites for hydroxylation is 1. The van der Waals surface area contributed by atoms with Gasteiger partial charge < -0.3 is 29.2 Å². The van der Waals surface area contributed by atoms with Crippen molar-refractivity contribution >= 4 is 11.9 Å². The van der Waals surface area contributed by atoms with E-state index in [0.29, 0.717) is 11.5 Å². The number of hydrogen-bond donors (Lipinski definition) is 2. The lowest BCUT2D eigenvalue weighted by Gasteiger charge is -2.14. The molecule has 0 radical (unpaired) electrons. The normalized spacial score (nSPS) is 10.6. The first-order valence-electron chi connectivity index (χ1n) is 15.4. The molecule has 0 atom stereocenters. The van der Waals surface area contributed by atoms with Crippen molar-refractivity contribution in [2.75, 3.05) is 39.6 Å². The van der Waals surface area contributed by atoms with Crippen LogP contribution in [0.25, 0.3) is 22.3 Å². The molecule has 8 nitrogen and oxygen atoms in total. The molecular weight excluding hydrogens is 572 g/mol. The van der Waals surface area contributed by atoms with Crippen LogP contribution in [-0.2, 0) is 25.5 Å². The molecule has 45 heavy (non-hydrogen) atoms. The van der Waals surface area contributed by atoms with E-state index in [9.17, 15) is 9.59 Å². The van der Waals surface area contributed by atoms with Gasteiger partial charge >= 0.3 is 11.9 Å². The molecule has 0 bridgehead atoms. The first-order valence-corrected chi connectivity index (χ1v) is 15.4. The summed E-state index contributed by atoms with van der Waals surface area (Å²) in [5, 5.41) is 17.9. The molecule has 8 heteroatoms. The first kappa shape index (κ1) is 35.1. The molecule has 0 aliphatic rings. The highest BCUT2D eigenvalue weighted by atomic mass is 16.6. The van der Waals surface area contributed by atoms with E-state index in [1.54, 1.807) is 0 Å². The maximum absolute atomic E-state index is 11.6. The molecule has 0 aromatic heterocycles. The molecule has 0 unspecified atom stereocenters. The Morgan fingerprint density at radius 3 is 1.62 bits per heavy atom. The van der Waals surface area contributed by atoms with E-state index in [1.165, 1.54) is 36.8 Å². The van der Waals surface area contributed by atoms with Crippen molar-refractivity contribution in [3.05, 3.63) is 96.6 Å². The third kappa shape index (κ3) is 11.6. The second kappa shape index (κ2) is 19.1. The monoisotopic (exact) mass is 616 g/mol.